The number of H-pyrrole nitrogens is 1. The van der Waals surface area contributed by atoms with Gasteiger partial charge in [0.25, 0.3) is 0 Å². The highest BCUT2D eigenvalue weighted by Crippen LogP contribution is 2.29. The van der Waals surface area contributed by atoms with Crippen LogP contribution in [0.4, 0.5) is 0 Å². The van der Waals surface area contributed by atoms with Crippen LogP contribution in [0.15, 0.2) is 30.5 Å². The van der Waals surface area contributed by atoms with Gasteiger partial charge in [-0.25, -0.2) is 0 Å². The molecule has 0 unspecified atom stereocenters. The van der Waals surface area contributed by atoms with Gasteiger partial charge in [0.1, 0.15) is 0 Å². The van der Waals surface area contributed by atoms with Crippen molar-refractivity contribution in [3.05, 3.63) is 36.0 Å². The number of amides is 1. The van der Waals surface area contributed by atoms with E-state index < -0.39 is 0 Å². The summed E-state index contributed by atoms with van der Waals surface area (Å²) in [6.45, 7) is 2.16. The molecule has 3 rings (SSSR count). The van der Waals surface area contributed by atoms with Crippen molar-refractivity contribution in [1.29, 1.82) is 0 Å². The highest BCUT2D eigenvalue weighted by molar-refractivity contribution is 5.89. The van der Waals surface area contributed by atoms with Gasteiger partial charge < -0.3 is 10.3 Å². The second-order valence-electron chi connectivity index (χ2n) is 5.85. The van der Waals surface area contributed by atoms with Gasteiger partial charge in [0.15, 0.2) is 0 Å². The molecule has 19 heavy (non-hydrogen) atoms. The SMILES string of the molecule is CC1(NC(=O)Cc2c[nH]c3ccccc23)CCCC1. The number of aromatic amines is 1. The van der Waals surface area contributed by atoms with Gasteiger partial charge in [-0.15, -0.1) is 0 Å². The van der Waals surface area contributed by atoms with E-state index in [1.54, 1.807) is 0 Å². The number of hydrogen-bond acceptors (Lipinski definition) is 1. The quantitative estimate of drug-likeness (QED) is 0.870. The fraction of sp³-hybridized carbons (Fsp3) is 0.438. The Morgan fingerprint density at radius 1 is 1.32 bits per heavy atom. The van der Waals surface area contributed by atoms with Gasteiger partial charge in [-0.05, 0) is 31.4 Å². The molecule has 2 aromatic rings. The second-order valence-corrected chi connectivity index (χ2v) is 5.85. The molecule has 3 heteroatoms. The molecule has 1 saturated carbocycles. The van der Waals surface area contributed by atoms with Gasteiger partial charge in [0.05, 0.1) is 6.42 Å². The lowest BCUT2D eigenvalue weighted by molar-refractivity contribution is -0.122. The molecule has 1 aromatic heterocycles. The number of carbonyl (C=O) groups excluding carboxylic acids is 1. The molecule has 0 radical (unpaired) electrons. The molecule has 2 N–H and O–H groups in total. The summed E-state index contributed by atoms with van der Waals surface area (Å²) < 4.78 is 0. The minimum absolute atomic E-state index is 0.0171. The molecule has 0 aliphatic heterocycles. The van der Waals surface area contributed by atoms with Gasteiger partial charge in [-0.3, -0.25) is 4.79 Å². The molecule has 1 aliphatic carbocycles. The van der Waals surface area contributed by atoms with Gasteiger partial charge in [0.2, 0.25) is 5.91 Å². The minimum atomic E-state index is 0.0171. The lowest BCUT2D eigenvalue weighted by Crippen LogP contribution is -2.44. The smallest absolute Gasteiger partial charge is 0.224 e. The Morgan fingerprint density at radius 3 is 2.84 bits per heavy atom. The van der Waals surface area contributed by atoms with Gasteiger partial charge in [-0.2, -0.15) is 0 Å². The summed E-state index contributed by atoms with van der Waals surface area (Å²) in [6, 6.07) is 8.11. The zero-order valence-electron chi connectivity index (χ0n) is 11.3. The van der Waals surface area contributed by atoms with E-state index in [-0.39, 0.29) is 11.4 Å². The van der Waals surface area contributed by atoms with Gasteiger partial charge in [0, 0.05) is 22.6 Å². The predicted octanol–water partition coefficient (Wildman–Crippen LogP) is 3.16. The van der Waals surface area contributed by atoms with E-state index in [9.17, 15) is 4.79 Å². The van der Waals surface area contributed by atoms with Gasteiger partial charge in [-0.1, -0.05) is 31.0 Å². The first-order valence-corrected chi connectivity index (χ1v) is 7.02. The average Bonchev–Trinajstić information content (AvgIpc) is 2.97. The zero-order valence-corrected chi connectivity index (χ0v) is 11.3. The third-order valence-electron chi connectivity index (χ3n) is 4.17. The number of hydrogen-bond donors (Lipinski definition) is 2. The summed E-state index contributed by atoms with van der Waals surface area (Å²) in [5.74, 6) is 0.133. The Balaban J connectivity index is 1.72. The van der Waals surface area contributed by atoms with Crippen LogP contribution in [0.5, 0.6) is 0 Å². The van der Waals surface area contributed by atoms with Crippen molar-refractivity contribution >= 4 is 16.8 Å². The first-order valence-electron chi connectivity index (χ1n) is 7.02. The molecule has 1 amide bonds. The number of rotatable bonds is 3. The first kappa shape index (κ1) is 12.3. The molecule has 100 valence electrons. The Morgan fingerprint density at radius 2 is 2.05 bits per heavy atom. The Hall–Kier alpha value is -1.77. The maximum Gasteiger partial charge on any atom is 0.224 e. The summed E-state index contributed by atoms with van der Waals surface area (Å²) >= 11 is 0. The Labute approximate surface area is 113 Å². The van der Waals surface area contributed by atoms with Crippen molar-refractivity contribution < 1.29 is 4.79 Å². The maximum atomic E-state index is 12.2. The van der Waals surface area contributed by atoms with Crippen molar-refractivity contribution in [2.45, 2.75) is 44.6 Å². The highest BCUT2D eigenvalue weighted by atomic mass is 16.1. The van der Waals surface area contributed by atoms with E-state index in [4.69, 9.17) is 0 Å². The summed E-state index contributed by atoms with van der Waals surface area (Å²) in [5, 5.41) is 4.35. The predicted molar refractivity (Wildman–Crippen MR) is 77.0 cm³/mol. The molecule has 1 heterocycles. The molecule has 1 aliphatic rings. The normalized spacial score (nSPS) is 17.7. The van der Waals surface area contributed by atoms with Crippen molar-refractivity contribution in [2.75, 3.05) is 0 Å². The van der Waals surface area contributed by atoms with E-state index in [2.05, 4.69) is 23.3 Å². The van der Waals surface area contributed by atoms with E-state index >= 15 is 0 Å². The van der Waals surface area contributed by atoms with Crippen LogP contribution in [0.2, 0.25) is 0 Å². The van der Waals surface area contributed by atoms with Crippen LogP contribution in [-0.4, -0.2) is 16.4 Å². The number of aromatic nitrogens is 1. The van der Waals surface area contributed by atoms with Crippen molar-refractivity contribution in [3.8, 4) is 0 Å². The largest absolute Gasteiger partial charge is 0.361 e. The van der Waals surface area contributed by atoms with Crippen LogP contribution >= 0.6 is 0 Å². The van der Waals surface area contributed by atoms with E-state index in [0.717, 1.165) is 29.3 Å². The van der Waals surface area contributed by atoms with Crippen molar-refractivity contribution in [3.63, 3.8) is 0 Å². The summed E-state index contributed by atoms with van der Waals surface area (Å²) in [4.78, 5) is 15.4. The van der Waals surface area contributed by atoms with Crippen LogP contribution < -0.4 is 5.32 Å². The van der Waals surface area contributed by atoms with Crippen molar-refractivity contribution in [1.82, 2.24) is 10.3 Å². The first-order chi connectivity index (χ1) is 9.16. The maximum absolute atomic E-state index is 12.2. The number of nitrogens with one attached hydrogen (secondary N) is 2. The molecule has 3 nitrogen and oxygen atoms in total. The third-order valence-corrected chi connectivity index (χ3v) is 4.17. The summed E-state index contributed by atoms with van der Waals surface area (Å²) in [7, 11) is 0. The molecule has 0 spiro atoms. The molecule has 0 saturated heterocycles. The molecule has 0 bridgehead atoms. The van der Waals surface area contributed by atoms with Crippen molar-refractivity contribution in [2.24, 2.45) is 0 Å². The molecular weight excluding hydrogens is 236 g/mol. The van der Waals surface area contributed by atoms with Crippen LogP contribution in [0.1, 0.15) is 38.2 Å². The minimum Gasteiger partial charge on any atom is -0.361 e. The number of carbonyl (C=O) groups is 1. The van der Waals surface area contributed by atoms with Crippen LogP contribution in [-0.2, 0) is 11.2 Å². The lowest BCUT2D eigenvalue weighted by Gasteiger charge is -2.25. The lowest BCUT2D eigenvalue weighted by atomic mass is 10.00. The highest BCUT2D eigenvalue weighted by Gasteiger charge is 2.30. The molecule has 1 aromatic carbocycles. The summed E-state index contributed by atoms with van der Waals surface area (Å²) in [6.07, 6.45) is 7.06. The average molecular weight is 256 g/mol. The second kappa shape index (κ2) is 4.72. The molecule has 0 atom stereocenters. The standard InChI is InChI=1S/C16H20N2O/c1-16(8-4-5-9-16)18-15(19)10-12-11-17-14-7-3-2-6-13(12)14/h2-3,6-7,11,17H,4-5,8-10H2,1H3,(H,18,19). The van der Waals surface area contributed by atoms with E-state index in [1.807, 2.05) is 24.4 Å². The van der Waals surface area contributed by atoms with E-state index in [1.165, 1.54) is 12.8 Å². The van der Waals surface area contributed by atoms with Crippen LogP contribution in [0, 0.1) is 0 Å². The fourth-order valence-electron chi connectivity index (χ4n) is 3.11. The Bertz CT molecular complexity index is 594. The van der Waals surface area contributed by atoms with Crippen LogP contribution in [0.25, 0.3) is 10.9 Å². The fourth-order valence-corrected chi connectivity index (χ4v) is 3.11. The number of fused-ring (bicyclic) bond motifs is 1. The molecule has 1 fully saturated rings. The monoisotopic (exact) mass is 256 g/mol. The zero-order chi connectivity index (χ0) is 13.3. The van der Waals surface area contributed by atoms with E-state index in [0.29, 0.717) is 6.42 Å². The number of benzene rings is 1. The third kappa shape index (κ3) is 2.50. The van der Waals surface area contributed by atoms with Gasteiger partial charge >= 0.3 is 0 Å². The topological polar surface area (TPSA) is 44.9 Å². The Kier molecular flexibility index (Phi) is 3.05. The number of para-hydroxylation sites is 1. The van der Waals surface area contributed by atoms with Crippen LogP contribution in [0.3, 0.4) is 0 Å². The molecular formula is C16H20N2O. The summed E-state index contributed by atoms with van der Waals surface area (Å²) in [5.41, 5.74) is 2.19.